The zero-order valence-corrected chi connectivity index (χ0v) is 32.5. The number of ketones is 1. The van der Waals surface area contributed by atoms with Crippen molar-refractivity contribution in [3.05, 3.63) is 137 Å². The monoisotopic (exact) mass is 746 g/mol. The summed E-state index contributed by atoms with van der Waals surface area (Å²) < 4.78 is 0. The molecular formula is C49H54N4O3. The number of phenols is 1. The highest BCUT2D eigenvalue weighted by molar-refractivity contribution is 6.02. The topological polar surface area (TPSA) is 67.3 Å². The van der Waals surface area contributed by atoms with E-state index in [-0.39, 0.29) is 23.7 Å². The summed E-state index contributed by atoms with van der Waals surface area (Å²) in [7, 11) is 0. The van der Waals surface area contributed by atoms with Crippen LogP contribution in [0.5, 0.6) is 5.75 Å². The number of anilines is 2. The molecule has 4 fully saturated rings. The van der Waals surface area contributed by atoms with E-state index in [9.17, 15) is 14.7 Å². The minimum absolute atomic E-state index is 0.00491. The van der Waals surface area contributed by atoms with E-state index < -0.39 is 0 Å². The Labute approximate surface area is 331 Å². The normalized spacial score (nSPS) is 27.8. The van der Waals surface area contributed by atoms with Gasteiger partial charge in [-0.3, -0.25) is 14.5 Å². The summed E-state index contributed by atoms with van der Waals surface area (Å²) in [6, 6.07) is 32.4. The van der Waals surface area contributed by atoms with Crippen molar-refractivity contribution in [1.82, 2.24) is 9.80 Å². The molecule has 4 aromatic carbocycles. The number of phenolic OH excluding ortho intramolecular Hbond substituents is 1. The van der Waals surface area contributed by atoms with Gasteiger partial charge in [0.2, 0.25) is 0 Å². The first-order valence-corrected chi connectivity index (χ1v) is 21.1. The van der Waals surface area contributed by atoms with Crippen molar-refractivity contribution in [1.29, 1.82) is 0 Å². The third-order valence-electron chi connectivity index (χ3n) is 14.4. The number of rotatable bonds is 7. The lowest BCUT2D eigenvalue weighted by atomic mass is 9.61. The van der Waals surface area contributed by atoms with Crippen LogP contribution >= 0.6 is 0 Å². The molecule has 3 heterocycles. The average molecular weight is 747 g/mol. The first kappa shape index (κ1) is 35.5. The second kappa shape index (κ2) is 14.3. The second-order valence-electron chi connectivity index (χ2n) is 18.0. The van der Waals surface area contributed by atoms with E-state index in [1.54, 1.807) is 4.90 Å². The van der Waals surface area contributed by atoms with Crippen molar-refractivity contribution in [2.75, 3.05) is 55.6 Å². The van der Waals surface area contributed by atoms with Gasteiger partial charge in [0, 0.05) is 81.6 Å². The molecule has 0 radical (unpaired) electrons. The van der Waals surface area contributed by atoms with E-state index in [0.717, 1.165) is 81.1 Å². The predicted molar refractivity (Wildman–Crippen MR) is 223 cm³/mol. The van der Waals surface area contributed by atoms with Crippen molar-refractivity contribution in [2.45, 2.75) is 75.8 Å². The fraction of sp³-hybridized carbons (Fsp3) is 0.429. The van der Waals surface area contributed by atoms with Gasteiger partial charge in [0.15, 0.2) is 5.78 Å². The van der Waals surface area contributed by atoms with Crippen molar-refractivity contribution in [3.8, 4) is 5.75 Å². The number of hydrogen-bond acceptors (Lipinski definition) is 6. The number of carbonyl (C=O) groups is 2. The van der Waals surface area contributed by atoms with Crippen molar-refractivity contribution >= 4 is 23.1 Å². The lowest BCUT2D eigenvalue weighted by Crippen LogP contribution is -2.51. The van der Waals surface area contributed by atoms with Gasteiger partial charge >= 0.3 is 0 Å². The first-order valence-electron chi connectivity index (χ1n) is 21.1. The van der Waals surface area contributed by atoms with E-state index >= 15 is 0 Å². The molecule has 2 saturated heterocycles. The van der Waals surface area contributed by atoms with Gasteiger partial charge in [-0.1, -0.05) is 60.7 Å². The number of aryl methyl sites for hydroxylation is 1. The van der Waals surface area contributed by atoms with Crippen LogP contribution < -0.4 is 9.80 Å². The van der Waals surface area contributed by atoms with Crippen LogP contribution in [0.2, 0.25) is 0 Å². The number of aromatic hydroxyl groups is 1. The molecule has 3 aliphatic carbocycles. The van der Waals surface area contributed by atoms with E-state index in [2.05, 4.69) is 94.1 Å². The van der Waals surface area contributed by atoms with Crippen LogP contribution in [0.25, 0.3) is 0 Å². The number of nitrogens with zero attached hydrogens (tertiary/aromatic N) is 4. The molecule has 2 saturated carbocycles. The summed E-state index contributed by atoms with van der Waals surface area (Å²) >= 11 is 0. The van der Waals surface area contributed by atoms with Gasteiger partial charge in [-0.05, 0) is 132 Å². The smallest absolute Gasteiger partial charge is 0.255 e. The highest BCUT2D eigenvalue weighted by atomic mass is 16.3. The molecule has 1 unspecified atom stereocenters. The summed E-state index contributed by atoms with van der Waals surface area (Å²) in [5.74, 6) is 1.98. The fourth-order valence-corrected chi connectivity index (χ4v) is 11.6. The van der Waals surface area contributed by atoms with E-state index in [0.29, 0.717) is 36.5 Å². The Morgan fingerprint density at radius 2 is 1.54 bits per heavy atom. The molecule has 6 aliphatic rings. The van der Waals surface area contributed by atoms with Gasteiger partial charge in [0.25, 0.3) is 5.91 Å². The molecule has 4 aromatic rings. The van der Waals surface area contributed by atoms with Gasteiger partial charge < -0.3 is 19.8 Å². The Kier molecular flexibility index (Phi) is 9.04. The van der Waals surface area contributed by atoms with Crippen LogP contribution in [-0.4, -0.2) is 78.5 Å². The molecule has 7 heteroatoms. The lowest BCUT2D eigenvalue weighted by molar-refractivity contribution is -0.124. The molecule has 1 spiro atoms. The minimum Gasteiger partial charge on any atom is -0.508 e. The third kappa shape index (κ3) is 6.52. The molecule has 7 nitrogen and oxygen atoms in total. The Bertz CT molecular complexity index is 2150. The van der Waals surface area contributed by atoms with Crippen LogP contribution in [0.15, 0.2) is 103 Å². The van der Waals surface area contributed by atoms with E-state index in [4.69, 9.17) is 0 Å². The molecule has 0 bridgehead atoms. The van der Waals surface area contributed by atoms with Gasteiger partial charge in [0.05, 0.1) is 6.04 Å². The number of fused-ring (bicyclic) bond motifs is 2. The number of piperazine rings is 1. The molecule has 288 valence electrons. The summed E-state index contributed by atoms with van der Waals surface area (Å²) in [6.45, 7) is 12.2. The van der Waals surface area contributed by atoms with Gasteiger partial charge in [-0.2, -0.15) is 0 Å². The van der Waals surface area contributed by atoms with E-state index in [1.807, 2.05) is 18.2 Å². The number of Topliss-reactive ketones (excluding diaryl/α,β-unsaturated/α-hetero) is 1. The molecule has 1 N–H and O–H groups in total. The van der Waals surface area contributed by atoms with Crippen LogP contribution in [0.3, 0.4) is 0 Å². The zero-order valence-electron chi connectivity index (χ0n) is 32.5. The highest BCUT2D eigenvalue weighted by Crippen LogP contribution is 2.53. The first-order chi connectivity index (χ1) is 27.3. The summed E-state index contributed by atoms with van der Waals surface area (Å²) in [4.78, 5) is 35.6. The number of benzene rings is 4. The van der Waals surface area contributed by atoms with Crippen LogP contribution in [0.1, 0.15) is 95.0 Å². The molecule has 56 heavy (non-hydrogen) atoms. The largest absolute Gasteiger partial charge is 0.508 e. The van der Waals surface area contributed by atoms with E-state index in [1.165, 1.54) is 59.4 Å². The number of carbonyl (C=O) groups excluding carboxylic acids is 2. The van der Waals surface area contributed by atoms with Gasteiger partial charge in [-0.15, -0.1) is 0 Å². The van der Waals surface area contributed by atoms with Gasteiger partial charge in [-0.25, -0.2) is 0 Å². The highest BCUT2D eigenvalue weighted by Gasteiger charge is 2.49. The Morgan fingerprint density at radius 3 is 2.32 bits per heavy atom. The maximum Gasteiger partial charge on any atom is 0.255 e. The Hall–Kier alpha value is -4.88. The minimum atomic E-state index is -0.311. The standard InChI is InChI=1S/C49H54N4O3/c1-33-7-18-45(46(55)25-33)53-31-38-26-40(13-16-44(38)48(53)56)51-23-21-50(22-24-51)30-34-28-49(29-34)19-20-52(32-49)39-11-8-36(9-12-39)47-42(35-5-3-2-4-6-35)15-10-37-27-41(54)14-17-43(37)47/h2-6,8-9,11-14,16-17,26-27,34,42,45,47,54H,1,7,10,15,18-25,28-32H2/t34?,42-,45?,47+,49?/m1/s1. The lowest BCUT2D eigenvalue weighted by Gasteiger charge is -2.48. The summed E-state index contributed by atoms with van der Waals surface area (Å²) in [5, 5.41) is 10.2. The molecule has 0 aromatic heterocycles. The number of hydrogen-bond donors (Lipinski definition) is 1. The zero-order chi connectivity index (χ0) is 38.0. The average Bonchev–Trinajstić information content (AvgIpc) is 3.79. The predicted octanol–water partition coefficient (Wildman–Crippen LogP) is 8.32. The Balaban J connectivity index is 0.725. The molecular weight excluding hydrogens is 693 g/mol. The maximum absolute atomic E-state index is 13.3. The molecule has 1 amide bonds. The SMILES string of the molecule is C=C1CCC(N2Cc3cc(N4CCN(CC5CC6(CCN(c7ccc([C@@H]8c9ccc(O)cc9CC[C@@H]8c8ccccc8)cc7)C6)C5)CC4)ccc3C2=O)C(=O)C1. The third-order valence-corrected chi connectivity index (χ3v) is 14.4. The van der Waals surface area contributed by atoms with Crippen LogP contribution in [0, 0.1) is 11.3 Å². The number of amides is 1. The molecule has 10 rings (SSSR count). The second-order valence-corrected chi connectivity index (χ2v) is 18.0. The summed E-state index contributed by atoms with van der Waals surface area (Å²) in [5.41, 5.74) is 11.2. The maximum atomic E-state index is 13.3. The number of allylic oxidation sites excluding steroid dienone is 1. The van der Waals surface area contributed by atoms with Crippen molar-refractivity contribution in [2.24, 2.45) is 11.3 Å². The van der Waals surface area contributed by atoms with Crippen LogP contribution in [0.4, 0.5) is 11.4 Å². The van der Waals surface area contributed by atoms with Crippen molar-refractivity contribution < 1.29 is 14.7 Å². The molecule has 3 aliphatic heterocycles. The van der Waals surface area contributed by atoms with Crippen molar-refractivity contribution in [3.63, 3.8) is 0 Å². The van der Waals surface area contributed by atoms with Crippen LogP contribution in [-0.2, 0) is 17.8 Å². The summed E-state index contributed by atoms with van der Waals surface area (Å²) in [6.07, 6.45) is 7.95. The fourth-order valence-electron chi connectivity index (χ4n) is 11.6. The molecule has 3 atom stereocenters. The Morgan fingerprint density at radius 1 is 0.750 bits per heavy atom. The quantitative estimate of drug-likeness (QED) is 0.192. The van der Waals surface area contributed by atoms with Gasteiger partial charge in [0.1, 0.15) is 5.75 Å².